The summed E-state index contributed by atoms with van der Waals surface area (Å²) in [5.74, 6) is 0. The van der Waals surface area contributed by atoms with E-state index in [1.807, 2.05) is 34.9 Å². The lowest BCUT2D eigenvalue weighted by molar-refractivity contribution is 0.276. The third-order valence-electron chi connectivity index (χ3n) is 2.45. The molecule has 0 amide bonds. The van der Waals surface area contributed by atoms with Crippen LogP contribution in [0.25, 0.3) is 10.9 Å². The molecule has 4 heteroatoms. The Bertz CT molecular complexity index is 465. The van der Waals surface area contributed by atoms with Crippen LogP contribution in [0.1, 0.15) is 11.2 Å². The van der Waals surface area contributed by atoms with Gasteiger partial charge in [-0.2, -0.15) is 0 Å². The van der Waals surface area contributed by atoms with E-state index in [4.69, 9.17) is 22.4 Å². The van der Waals surface area contributed by atoms with E-state index in [0.717, 1.165) is 16.6 Å². The number of para-hydroxylation sites is 1. The summed E-state index contributed by atoms with van der Waals surface area (Å²) in [5.41, 5.74) is 7.03. The van der Waals surface area contributed by atoms with Gasteiger partial charge in [-0.1, -0.05) is 29.8 Å². The number of rotatable bonds is 3. The lowest BCUT2D eigenvalue weighted by Crippen LogP contribution is -2.12. The van der Waals surface area contributed by atoms with Gasteiger partial charge >= 0.3 is 0 Å². The zero-order valence-corrected chi connectivity index (χ0v) is 8.98. The molecule has 1 heterocycles. The number of alkyl halides is 1. The largest absolute Gasteiger partial charge is 0.395 e. The molecule has 2 rings (SSSR count). The standard InChI is InChI=1S/C11H13ClN2O/c12-11(13)10-7-8-3-1-2-4-9(8)14(10)5-6-15/h1-4,7,11,15H,5-6,13H2. The first kappa shape index (κ1) is 10.5. The lowest BCUT2D eigenvalue weighted by Gasteiger charge is -2.10. The average Bonchev–Trinajstić information content (AvgIpc) is 2.58. The second-order valence-corrected chi connectivity index (χ2v) is 3.88. The normalized spacial score (nSPS) is 13.3. The van der Waals surface area contributed by atoms with Crippen LogP contribution < -0.4 is 5.73 Å². The predicted molar refractivity (Wildman–Crippen MR) is 61.8 cm³/mol. The molecular weight excluding hydrogens is 212 g/mol. The molecule has 1 atom stereocenters. The van der Waals surface area contributed by atoms with Crippen molar-refractivity contribution in [1.82, 2.24) is 4.57 Å². The maximum absolute atomic E-state index is 9.00. The van der Waals surface area contributed by atoms with Crippen molar-refractivity contribution >= 4 is 22.5 Å². The zero-order valence-electron chi connectivity index (χ0n) is 8.23. The molecule has 0 saturated heterocycles. The molecule has 0 saturated carbocycles. The number of nitrogens with two attached hydrogens (primary N) is 1. The topological polar surface area (TPSA) is 51.2 Å². The number of benzene rings is 1. The molecular formula is C11H13ClN2O. The monoisotopic (exact) mass is 224 g/mol. The van der Waals surface area contributed by atoms with Crippen LogP contribution in [0, 0.1) is 0 Å². The molecule has 1 aromatic heterocycles. The molecule has 0 bridgehead atoms. The number of halogens is 1. The van der Waals surface area contributed by atoms with Crippen molar-refractivity contribution in [1.29, 1.82) is 0 Å². The summed E-state index contributed by atoms with van der Waals surface area (Å²) in [6.45, 7) is 0.596. The molecule has 0 spiro atoms. The van der Waals surface area contributed by atoms with E-state index in [1.165, 1.54) is 0 Å². The van der Waals surface area contributed by atoms with Crippen molar-refractivity contribution in [2.24, 2.45) is 5.73 Å². The van der Waals surface area contributed by atoms with Crippen LogP contribution in [-0.4, -0.2) is 16.3 Å². The molecule has 0 aliphatic carbocycles. The second-order valence-electron chi connectivity index (χ2n) is 3.41. The quantitative estimate of drug-likeness (QED) is 0.617. The number of aliphatic hydroxyl groups excluding tert-OH is 1. The van der Waals surface area contributed by atoms with Crippen LogP contribution in [0.15, 0.2) is 30.3 Å². The summed E-state index contributed by atoms with van der Waals surface area (Å²) in [5, 5.41) is 10.1. The van der Waals surface area contributed by atoms with Crippen molar-refractivity contribution in [3.63, 3.8) is 0 Å². The van der Waals surface area contributed by atoms with Crippen molar-refractivity contribution in [2.75, 3.05) is 6.61 Å². The van der Waals surface area contributed by atoms with E-state index >= 15 is 0 Å². The van der Waals surface area contributed by atoms with E-state index in [9.17, 15) is 0 Å². The Kier molecular flexibility index (Phi) is 2.95. The zero-order chi connectivity index (χ0) is 10.8. The molecule has 0 fully saturated rings. The number of aromatic nitrogens is 1. The minimum Gasteiger partial charge on any atom is -0.395 e. The number of nitrogens with zero attached hydrogens (tertiary/aromatic N) is 1. The fourth-order valence-electron chi connectivity index (χ4n) is 1.81. The number of hydrogen-bond donors (Lipinski definition) is 2. The van der Waals surface area contributed by atoms with Gasteiger partial charge in [-0.25, -0.2) is 0 Å². The predicted octanol–water partition coefficient (Wildman–Crippen LogP) is 1.83. The van der Waals surface area contributed by atoms with Gasteiger partial charge in [-0.3, -0.25) is 0 Å². The van der Waals surface area contributed by atoms with E-state index in [-0.39, 0.29) is 6.61 Å². The van der Waals surface area contributed by atoms with Gasteiger partial charge in [0.15, 0.2) is 0 Å². The van der Waals surface area contributed by atoms with Crippen molar-refractivity contribution in [3.8, 4) is 0 Å². The van der Waals surface area contributed by atoms with Crippen LogP contribution in [0.4, 0.5) is 0 Å². The molecule has 1 aromatic carbocycles. The molecule has 1 unspecified atom stereocenters. The van der Waals surface area contributed by atoms with Crippen LogP contribution >= 0.6 is 11.6 Å². The van der Waals surface area contributed by atoms with Crippen LogP contribution in [0.3, 0.4) is 0 Å². The maximum atomic E-state index is 9.00. The van der Waals surface area contributed by atoms with E-state index in [0.29, 0.717) is 6.54 Å². The van der Waals surface area contributed by atoms with Gasteiger partial charge < -0.3 is 15.4 Å². The van der Waals surface area contributed by atoms with Gasteiger partial charge in [-0.05, 0) is 17.5 Å². The van der Waals surface area contributed by atoms with Crippen molar-refractivity contribution in [2.45, 2.75) is 12.0 Å². The summed E-state index contributed by atoms with van der Waals surface area (Å²) in [7, 11) is 0. The fraction of sp³-hybridized carbons (Fsp3) is 0.273. The Morgan fingerprint density at radius 2 is 2.13 bits per heavy atom. The Morgan fingerprint density at radius 1 is 1.40 bits per heavy atom. The highest BCUT2D eigenvalue weighted by molar-refractivity contribution is 6.20. The SMILES string of the molecule is NC(Cl)c1cc2ccccc2n1CCO. The van der Waals surface area contributed by atoms with E-state index in [2.05, 4.69) is 0 Å². The highest BCUT2D eigenvalue weighted by Crippen LogP contribution is 2.24. The Labute approximate surface area is 93.1 Å². The first-order valence-corrected chi connectivity index (χ1v) is 5.26. The van der Waals surface area contributed by atoms with Gasteiger partial charge in [0, 0.05) is 12.1 Å². The fourth-order valence-corrected chi connectivity index (χ4v) is 1.99. The Morgan fingerprint density at radius 3 is 2.80 bits per heavy atom. The third-order valence-corrected chi connectivity index (χ3v) is 2.67. The van der Waals surface area contributed by atoms with Crippen LogP contribution in [0.2, 0.25) is 0 Å². The minimum absolute atomic E-state index is 0.0787. The molecule has 0 aliphatic rings. The first-order valence-electron chi connectivity index (χ1n) is 4.82. The van der Waals surface area contributed by atoms with Crippen LogP contribution in [-0.2, 0) is 6.54 Å². The molecule has 3 nitrogen and oxygen atoms in total. The summed E-state index contributed by atoms with van der Waals surface area (Å²) in [6, 6.07) is 9.89. The van der Waals surface area contributed by atoms with Gasteiger partial charge in [0.2, 0.25) is 0 Å². The van der Waals surface area contributed by atoms with Crippen molar-refractivity contribution in [3.05, 3.63) is 36.0 Å². The van der Waals surface area contributed by atoms with Gasteiger partial charge in [0.05, 0.1) is 12.3 Å². The minimum atomic E-state index is -0.538. The smallest absolute Gasteiger partial charge is 0.121 e. The first-order chi connectivity index (χ1) is 7.24. The molecule has 15 heavy (non-hydrogen) atoms. The summed E-state index contributed by atoms with van der Waals surface area (Å²) < 4.78 is 1.95. The maximum Gasteiger partial charge on any atom is 0.121 e. The van der Waals surface area contributed by atoms with Gasteiger partial charge in [0.1, 0.15) is 5.50 Å². The Hall–Kier alpha value is -1.03. The molecule has 3 N–H and O–H groups in total. The summed E-state index contributed by atoms with van der Waals surface area (Å²) >= 11 is 5.89. The van der Waals surface area contributed by atoms with E-state index < -0.39 is 5.50 Å². The number of fused-ring (bicyclic) bond motifs is 1. The van der Waals surface area contributed by atoms with Gasteiger partial charge in [-0.15, -0.1) is 0 Å². The Balaban J connectivity index is 2.63. The summed E-state index contributed by atoms with van der Waals surface area (Å²) in [4.78, 5) is 0. The molecule has 2 aromatic rings. The average molecular weight is 225 g/mol. The second kappa shape index (κ2) is 4.23. The van der Waals surface area contributed by atoms with Crippen molar-refractivity contribution < 1.29 is 5.11 Å². The summed E-state index contributed by atoms with van der Waals surface area (Å²) in [6.07, 6.45) is 0. The molecule has 0 radical (unpaired) electrons. The highest BCUT2D eigenvalue weighted by atomic mass is 35.5. The van der Waals surface area contributed by atoms with E-state index in [1.54, 1.807) is 0 Å². The van der Waals surface area contributed by atoms with Gasteiger partial charge in [0.25, 0.3) is 0 Å². The number of aliphatic hydroxyl groups is 1. The lowest BCUT2D eigenvalue weighted by atomic mass is 10.2. The highest BCUT2D eigenvalue weighted by Gasteiger charge is 2.11. The number of hydrogen-bond acceptors (Lipinski definition) is 2. The molecule has 0 aliphatic heterocycles. The van der Waals surface area contributed by atoms with Crippen LogP contribution in [0.5, 0.6) is 0 Å². The molecule has 80 valence electrons. The third kappa shape index (κ3) is 1.86.